The van der Waals surface area contributed by atoms with E-state index in [4.69, 9.17) is 5.11 Å². The SMILES string of the molecule is Cn1c(=O)c2ncn(CC(=O)Nc3ccccc3C(=O)O)c2n(C)c1=O. The third kappa shape index (κ3) is 2.77. The van der Waals surface area contributed by atoms with Crippen LogP contribution in [-0.2, 0) is 25.4 Å². The Morgan fingerprint density at radius 1 is 1.15 bits per heavy atom. The summed E-state index contributed by atoms with van der Waals surface area (Å²) < 4.78 is 3.52. The van der Waals surface area contributed by atoms with Crippen molar-refractivity contribution in [2.24, 2.45) is 14.1 Å². The highest BCUT2D eigenvalue weighted by atomic mass is 16.4. The first-order valence-electron chi connectivity index (χ1n) is 7.54. The Balaban J connectivity index is 1.96. The molecule has 0 saturated carbocycles. The number of fused-ring (bicyclic) bond motifs is 1. The predicted octanol–water partition coefficient (Wildman–Crippen LogP) is -0.229. The van der Waals surface area contributed by atoms with Gasteiger partial charge in [0, 0.05) is 14.1 Å². The molecule has 2 aromatic heterocycles. The van der Waals surface area contributed by atoms with Gasteiger partial charge in [-0.25, -0.2) is 14.6 Å². The van der Waals surface area contributed by atoms with E-state index in [1.807, 2.05) is 0 Å². The molecule has 1 amide bonds. The molecule has 0 aliphatic carbocycles. The zero-order valence-corrected chi connectivity index (χ0v) is 14.0. The summed E-state index contributed by atoms with van der Waals surface area (Å²) in [7, 11) is 2.82. The van der Waals surface area contributed by atoms with Crippen LogP contribution < -0.4 is 16.6 Å². The van der Waals surface area contributed by atoms with Gasteiger partial charge >= 0.3 is 11.7 Å². The maximum Gasteiger partial charge on any atom is 0.337 e. The van der Waals surface area contributed by atoms with Crippen LogP contribution in [0, 0.1) is 0 Å². The van der Waals surface area contributed by atoms with Crippen molar-refractivity contribution in [2.75, 3.05) is 5.32 Å². The minimum absolute atomic E-state index is 0.0439. The molecule has 3 aromatic rings. The molecule has 0 aliphatic rings. The number of hydrogen-bond acceptors (Lipinski definition) is 5. The molecule has 2 heterocycles. The molecule has 2 N–H and O–H groups in total. The lowest BCUT2D eigenvalue weighted by Crippen LogP contribution is -2.37. The molecule has 0 bridgehead atoms. The summed E-state index contributed by atoms with van der Waals surface area (Å²) in [5.41, 5.74) is -0.718. The quantitative estimate of drug-likeness (QED) is 0.664. The summed E-state index contributed by atoms with van der Waals surface area (Å²) in [5.74, 6) is -1.69. The average molecular weight is 357 g/mol. The van der Waals surface area contributed by atoms with Crippen LogP contribution in [0.4, 0.5) is 5.69 Å². The largest absolute Gasteiger partial charge is 0.478 e. The van der Waals surface area contributed by atoms with Crippen molar-refractivity contribution in [3.8, 4) is 0 Å². The predicted molar refractivity (Wildman–Crippen MR) is 92.2 cm³/mol. The van der Waals surface area contributed by atoms with E-state index >= 15 is 0 Å². The lowest BCUT2D eigenvalue weighted by atomic mass is 10.2. The van der Waals surface area contributed by atoms with Crippen molar-refractivity contribution in [1.29, 1.82) is 0 Å². The first-order chi connectivity index (χ1) is 12.3. The van der Waals surface area contributed by atoms with Crippen molar-refractivity contribution in [2.45, 2.75) is 6.54 Å². The van der Waals surface area contributed by atoms with E-state index in [0.29, 0.717) is 0 Å². The minimum Gasteiger partial charge on any atom is -0.478 e. The Bertz CT molecular complexity index is 1150. The van der Waals surface area contributed by atoms with Gasteiger partial charge in [0.1, 0.15) is 12.2 Å². The molecule has 3 rings (SSSR count). The second-order valence-electron chi connectivity index (χ2n) is 5.65. The van der Waals surface area contributed by atoms with Crippen LogP contribution in [0.1, 0.15) is 10.4 Å². The molecule has 0 unspecified atom stereocenters. The average Bonchev–Trinajstić information content (AvgIpc) is 3.02. The van der Waals surface area contributed by atoms with Crippen LogP contribution >= 0.6 is 0 Å². The number of carboxylic acid groups (broad SMARTS) is 1. The van der Waals surface area contributed by atoms with Gasteiger partial charge in [-0.15, -0.1) is 0 Å². The number of carbonyl (C=O) groups is 2. The van der Waals surface area contributed by atoms with Crippen LogP contribution in [0.3, 0.4) is 0 Å². The van der Waals surface area contributed by atoms with Crippen LogP contribution in [0.2, 0.25) is 0 Å². The number of nitrogens with one attached hydrogen (secondary N) is 1. The van der Waals surface area contributed by atoms with Crippen LogP contribution in [-0.4, -0.2) is 35.7 Å². The van der Waals surface area contributed by atoms with Gasteiger partial charge in [-0.3, -0.25) is 18.7 Å². The fraction of sp³-hybridized carbons (Fsp3) is 0.188. The number of hydrogen-bond donors (Lipinski definition) is 2. The summed E-state index contributed by atoms with van der Waals surface area (Å²) >= 11 is 0. The normalized spacial score (nSPS) is 10.8. The summed E-state index contributed by atoms with van der Waals surface area (Å²) in [5, 5.41) is 11.7. The molecule has 134 valence electrons. The number of carbonyl (C=O) groups excluding carboxylic acids is 1. The van der Waals surface area contributed by atoms with Gasteiger partial charge in [-0.2, -0.15) is 0 Å². The van der Waals surface area contributed by atoms with Crippen molar-refractivity contribution in [3.05, 3.63) is 57.0 Å². The fourth-order valence-electron chi connectivity index (χ4n) is 2.68. The number of rotatable bonds is 4. The molecule has 1 aromatic carbocycles. The lowest BCUT2D eigenvalue weighted by molar-refractivity contribution is -0.116. The van der Waals surface area contributed by atoms with Crippen molar-refractivity contribution in [1.82, 2.24) is 18.7 Å². The molecule has 0 radical (unpaired) electrons. The highest BCUT2D eigenvalue weighted by Gasteiger charge is 2.17. The molecule has 0 fully saturated rings. The second kappa shape index (κ2) is 6.31. The third-order valence-corrected chi connectivity index (χ3v) is 3.95. The Hall–Kier alpha value is -3.69. The number of aromatic carboxylic acids is 1. The van der Waals surface area contributed by atoms with E-state index in [9.17, 15) is 19.2 Å². The Morgan fingerprint density at radius 2 is 1.85 bits per heavy atom. The molecule has 0 saturated heterocycles. The van der Waals surface area contributed by atoms with Gasteiger partial charge in [0.25, 0.3) is 5.56 Å². The standard InChI is InChI=1S/C16H15N5O5/c1-19-13-12(14(23)20(2)16(19)26)17-8-21(13)7-11(22)18-10-6-4-3-5-9(10)15(24)25/h3-6,8H,7H2,1-2H3,(H,18,22)(H,24,25). The Morgan fingerprint density at radius 3 is 2.54 bits per heavy atom. The van der Waals surface area contributed by atoms with E-state index in [2.05, 4.69) is 10.3 Å². The highest BCUT2D eigenvalue weighted by molar-refractivity contribution is 6.00. The first-order valence-corrected chi connectivity index (χ1v) is 7.54. The molecule has 10 heteroatoms. The molecular weight excluding hydrogens is 342 g/mol. The number of para-hydroxylation sites is 1. The monoisotopic (exact) mass is 357 g/mol. The maximum atomic E-state index is 12.3. The van der Waals surface area contributed by atoms with Crippen molar-refractivity contribution < 1.29 is 14.7 Å². The molecular formula is C16H15N5O5. The topological polar surface area (TPSA) is 128 Å². The summed E-state index contributed by atoms with van der Waals surface area (Å²) in [6.45, 7) is -0.245. The Kier molecular flexibility index (Phi) is 4.16. The molecule has 0 spiro atoms. The first kappa shape index (κ1) is 17.1. The van der Waals surface area contributed by atoms with E-state index < -0.39 is 23.1 Å². The minimum atomic E-state index is -1.17. The van der Waals surface area contributed by atoms with Crippen LogP contribution in [0.25, 0.3) is 11.2 Å². The molecule has 26 heavy (non-hydrogen) atoms. The van der Waals surface area contributed by atoms with E-state index in [1.165, 1.54) is 41.7 Å². The van der Waals surface area contributed by atoms with Gasteiger partial charge in [0.15, 0.2) is 5.52 Å². The van der Waals surface area contributed by atoms with Crippen molar-refractivity contribution in [3.63, 3.8) is 0 Å². The fourth-order valence-corrected chi connectivity index (χ4v) is 2.68. The number of anilines is 1. The summed E-state index contributed by atoms with van der Waals surface area (Å²) in [6, 6.07) is 5.99. The zero-order valence-electron chi connectivity index (χ0n) is 14.0. The summed E-state index contributed by atoms with van der Waals surface area (Å²) in [6.07, 6.45) is 1.29. The van der Waals surface area contributed by atoms with Gasteiger partial charge in [0.2, 0.25) is 5.91 Å². The highest BCUT2D eigenvalue weighted by Crippen LogP contribution is 2.15. The van der Waals surface area contributed by atoms with Crippen LogP contribution in [0.15, 0.2) is 40.2 Å². The number of nitrogens with zero attached hydrogens (tertiary/aromatic N) is 4. The number of amides is 1. The van der Waals surface area contributed by atoms with Crippen LogP contribution in [0.5, 0.6) is 0 Å². The Labute approximate surface area is 145 Å². The smallest absolute Gasteiger partial charge is 0.337 e. The number of benzene rings is 1. The zero-order chi connectivity index (χ0) is 19.0. The third-order valence-electron chi connectivity index (χ3n) is 3.95. The van der Waals surface area contributed by atoms with Gasteiger partial charge in [-0.05, 0) is 12.1 Å². The van der Waals surface area contributed by atoms with Gasteiger partial charge in [0.05, 0.1) is 17.6 Å². The number of carboxylic acids is 1. The maximum absolute atomic E-state index is 12.3. The molecule has 10 nitrogen and oxygen atoms in total. The molecule has 0 atom stereocenters. The van der Waals surface area contributed by atoms with Gasteiger partial charge in [-0.1, -0.05) is 12.1 Å². The molecule has 0 aliphatic heterocycles. The van der Waals surface area contributed by atoms with E-state index in [0.717, 1.165) is 4.57 Å². The summed E-state index contributed by atoms with van der Waals surface area (Å²) in [4.78, 5) is 51.7. The lowest BCUT2D eigenvalue weighted by Gasteiger charge is -2.10. The van der Waals surface area contributed by atoms with Gasteiger partial charge < -0.3 is 15.0 Å². The number of imidazole rings is 1. The van der Waals surface area contributed by atoms with E-state index in [-0.39, 0.29) is 29.0 Å². The second-order valence-corrected chi connectivity index (χ2v) is 5.65. The number of aryl methyl sites for hydroxylation is 1. The van der Waals surface area contributed by atoms with Crippen molar-refractivity contribution >= 4 is 28.7 Å². The number of aromatic nitrogens is 4. The van der Waals surface area contributed by atoms with E-state index in [1.54, 1.807) is 12.1 Å².